The van der Waals surface area contributed by atoms with Crippen LogP contribution in [0.15, 0.2) is 109 Å². The molecule has 0 aliphatic heterocycles. The molecule has 0 aliphatic rings. The van der Waals surface area contributed by atoms with E-state index in [2.05, 4.69) is 116 Å². The SMILES string of the molecule is CC/C=C\C/C=C\C/C=C\C/C=C\C/C=C\C/C=C\CCCCCCCCCCCCCCCCCCCCCCCCC(=O)NC(COP(=O)([O-])OCC[N+](C)(C)C)C(O)/C=C/CC/C=C/CC/C=C/CCCCCCCCCCCCCCCC. The highest BCUT2D eigenvalue weighted by Crippen LogP contribution is 2.38. The first-order valence-corrected chi connectivity index (χ1v) is 38.2. The third-order valence-corrected chi connectivity index (χ3v) is 17.2. The number of hydrogen-bond acceptors (Lipinski definition) is 6. The first-order valence-electron chi connectivity index (χ1n) is 36.7. The zero-order valence-corrected chi connectivity index (χ0v) is 58.6. The molecule has 0 aliphatic carbocycles. The molecule has 9 heteroatoms. The lowest BCUT2D eigenvalue weighted by atomic mass is 10.0. The van der Waals surface area contributed by atoms with Crippen molar-refractivity contribution in [1.29, 1.82) is 0 Å². The van der Waals surface area contributed by atoms with Gasteiger partial charge in [0, 0.05) is 6.42 Å². The Kier molecular flexibility index (Phi) is 65.3. The van der Waals surface area contributed by atoms with Gasteiger partial charge in [0.05, 0.1) is 39.9 Å². The number of carbonyl (C=O) groups is 1. The molecule has 0 saturated carbocycles. The Bertz CT molecular complexity index is 1790. The number of rotatable bonds is 67. The smallest absolute Gasteiger partial charge is 0.268 e. The molecule has 8 nitrogen and oxygen atoms in total. The number of hydrogen-bond donors (Lipinski definition) is 2. The second-order valence-corrected chi connectivity index (χ2v) is 27.3. The van der Waals surface area contributed by atoms with Gasteiger partial charge >= 0.3 is 0 Å². The van der Waals surface area contributed by atoms with Crippen molar-refractivity contribution in [2.45, 2.75) is 341 Å². The van der Waals surface area contributed by atoms with E-state index in [4.69, 9.17) is 9.05 Å². The highest BCUT2D eigenvalue weighted by atomic mass is 31.2. The number of aliphatic hydroxyl groups excluding tert-OH is 1. The summed E-state index contributed by atoms with van der Waals surface area (Å²) in [4.78, 5) is 25.6. The lowest BCUT2D eigenvalue weighted by molar-refractivity contribution is -0.870. The summed E-state index contributed by atoms with van der Waals surface area (Å²) in [7, 11) is 1.24. The maximum absolute atomic E-state index is 13.0. The predicted octanol–water partition coefficient (Wildman–Crippen LogP) is 23.2. The predicted molar refractivity (Wildman–Crippen MR) is 380 cm³/mol. The van der Waals surface area contributed by atoms with Gasteiger partial charge in [-0.2, -0.15) is 0 Å². The number of allylic oxidation sites excluding steroid dienone is 17. The topological polar surface area (TPSA) is 108 Å². The summed E-state index contributed by atoms with van der Waals surface area (Å²) < 4.78 is 23.4. The van der Waals surface area contributed by atoms with E-state index in [1.165, 1.54) is 225 Å². The van der Waals surface area contributed by atoms with Crippen LogP contribution in [0.1, 0.15) is 328 Å². The van der Waals surface area contributed by atoms with Crippen LogP contribution in [0.4, 0.5) is 0 Å². The molecule has 0 spiro atoms. The Balaban J connectivity index is 4.02. The van der Waals surface area contributed by atoms with Crippen molar-refractivity contribution in [2.24, 2.45) is 0 Å². The molecule has 0 fully saturated rings. The van der Waals surface area contributed by atoms with Crippen LogP contribution in [0.3, 0.4) is 0 Å². The van der Waals surface area contributed by atoms with Crippen molar-refractivity contribution in [2.75, 3.05) is 40.9 Å². The molecule has 0 aromatic carbocycles. The van der Waals surface area contributed by atoms with E-state index in [9.17, 15) is 19.4 Å². The van der Waals surface area contributed by atoms with E-state index < -0.39 is 26.6 Å². The van der Waals surface area contributed by atoms with Crippen LogP contribution in [0.25, 0.3) is 0 Å². The van der Waals surface area contributed by atoms with E-state index in [1.807, 2.05) is 27.2 Å². The number of quaternary nitrogens is 1. The van der Waals surface area contributed by atoms with Gasteiger partial charge in [0.2, 0.25) is 5.91 Å². The van der Waals surface area contributed by atoms with Gasteiger partial charge in [0.25, 0.3) is 7.82 Å². The summed E-state index contributed by atoms with van der Waals surface area (Å²) in [5, 5.41) is 13.9. The lowest BCUT2D eigenvalue weighted by Crippen LogP contribution is -2.45. The first kappa shape index (κ1) is 84.2. The quantitative estimate of drug-likeness (QED) is 0.0272. The zero-order valence-electron chi connectivity index (χ0n) is 57.7. The Morgan fingerprint density at radius 2 is 0.713 bits per heavy atom. The molecule has 0 heterocycles. The zero-order chi connectivity index (χ0) is 63.4. The Labute approximate surface area is 540 Å². The van der Waals surface area contributed by atoms with Crippen LogP contribution in [-0.4, -0.2) is 68.5 Å². The van der Waals surface area contributed by atoms with Crippen molar-refractivity contribution in [3.8, 4) is 0 Å². The molecule has 1 amide bonds. The molecule has 0 bridgehead atoms. The molecule has 3 atom stereocenters. The van der Waals surface area contributed by atoms with Crippen LogP contribution in [0, 0.1) is 0 Å². The van der Waals surface area contributed by atoms with Crippen LogP contribution < -0.4 is 10.2 Å². The minimum absolute atomic E-state index is 0.0108. The van der Waals surface area contributed by atoms with Gasteiger partial charge < -0.3 is 28.8 Å². The van der Waals surface area contributed by atoms with Crippen molar-refractivity contribution < 1.29 is 32.9 Å². The molecule has 3 unspecified atom stereocenters. The molecular formula is C78H141N2O6P. The van der Waals surface area contributed by atoms with Crippen molar-refractivity contribution in [3.05, 3.63) is 109 Å². The van der Waals surface area contributed by atoms with Crippen molar-refractivity contribution >= 4 is 13.7 Å². The molecule has 2 N–H and O–H groups in total. The second kappa shape index (κ2) is 67.6. The maximum atomic E-state index is 13.0. The molecule has 504 valence electrons. The van der Waals surface area contributed by atoms with Crippen LogP contribution >= 0.6 is 7.82 Å². The summed E-state index contributed by atoms with van der Waals surface area (Å²) in [5.41, 5.74) is 0. The van der Waals surface area contributed by atoms with Gasteiger partial charge in [-0.15, -0.1) is 0 Å². The third kappa shape index (κ3) is 70.5. The highest BCUT2D eigenvalue weighted by Gasteiger charge is 2.23. The van der Waals surface area contributed by atoms with E-state index in [-0.39, 0.29) is 12.5 Å². The molecule has 0 aromatic rings. The summed E-state index contributed by atoms with van der Waals surface area (Å²) in [6, 6.07) is -0.915. The maximum Gasteiger partial charge on any atom is 0.268 e. The Morgan fingerprint density at radius 3 is 1.07 bits per heavy atom. The largest absolute Gasteiger partial charge is 0.756 e. The fourth-order valence-electron chi connectivity index (χ4n) is 10.5. The van der Waals surface area contributed by atoms with Gasteiger partial charge in [-0.05, 0) is 96.3 Å². The van der Waals surface area contributed by atoms with Gasteiger partial charge in [0.1, 0.15) is 13.2 Å². The number of likely N-dealkylation sites (N-methyl/N-ethyl adjacent to an activating group) is 1. The van der Waals surface area contributed by atoms with Crippen molar-refractivity contribution in [1.82, 2.24) is 5.32 Å². The number of carbonyl (C=O) groups excluding carboxylic acids is 1. The number of phosphoric acid groups is 1. The number of phosphoric ester groups is 1. The molecule has 0 saturated heterocycles. The highest BCUT2D eigenvalue weighted by molar-refractivity contribution is 7.45. The van der Waals surface area contributed by atoms with Crippen LogP contribution in [0.2, 0.25) is 0 Å². The standard InChI is InChI=1S/C78H141N2O6P/c1-6-8-10-12-14-16-18-20-22-24-26-28-30-32-33-34-35-36-37-38-39-40-41-42-43-44-45-46-47-48-50-52-54-56-58-60-62-64-66-68-70-72-78(82)79-76(75-86-87(83,84)85-74-73-80(3,4)5)77(81)71-69-67-65-63-61-59-57-55-53-51-49-31-29-27-25-23-21-19-17-15-13-11-9-7-2/h8,10,14,16,20,22,26,28,32-33,35-36,53,55,61,63,69,71,76-77,81H,6-7,9,11-13,15,17-19,21,23-25,27,29-31,34,37-52,54,56-60,62,64-68,70,72-75H2,1-5H3,(H-,79,82,83,84)/b10-8-,16-14-,22-20-,28-26-,33-32-,36-35-,55-53+,63-61+,71-69+. The lowest BCUT2D eigenvalue weighted by Gasteiger charge is -2.29. The van der Waals surface area contributed by atoms with Gasteiger partial charge in [-0.3, -0.25) is 9.36 Å². The fourth-order valence-corrected chi connectivity index (χ4v) is 11.3. The van der Waals surface area contributed by atoms with E-state index in [0.717, 1.165) is 83.5 Å². The number of nitrogens with one attached hydrogen (secondary N) is 1. The minimum Gasteiger partial charge on any atom is -0.756 e. The number of aliphatic hydroxyl groups is 1. The molecule has 0 radical (unpaired) electrons. The molecule has 0 aromatic heterocycles. The van der Waals surface area contributed by atoms with E-state index in [0.29, 0.717) is 17.4 Å². The third-order valence-electron chi connectivity index (χ3n) is 16.2. The van der Waals surface area contributed by atoms with Crippen LogP contribution in [0.5, 0.6) is 0 Å². The molecule has 87 heavy (non-hydrogen) atoms. The Hall–Kier alpha value is -2.84. The van der Waals surface area contributed by atoms with Gasteiger partial charge in [-0.1, -0.05) is 335 Å². The summed E-state index contributed by atoms with van der Waals surface area (Å²) in [6.07, 6.45) is 99.5. The minimum atomic E-state index is -4.62. The normalized spacial score (nSPS) is 14.2. The monoisotopic (exact) mass is 1230 g/mol. The van der Waals surface area contributed by atoms with Crippen LogP contribution in [-0.2, 0) is 18.4 Å². The first-order chi connectivity index (χ1) is 42.5. The molecule has 0 rings (SSSR count). The van der Waals surface area contributed by atoms with E-state index in [1.54, 1.807) is 6.08 Å². The van der Waals surface area contributed by atoms with Gasteiger partial charge in [0.15, 0.2) is 0 Å². The second-order valence-electron chi connectivity index (χ2n) is 25.9. The number of unbranched alkanes of at least 4 members (excludes halogenated alkanes) is 38. The Morgan fingerprint density at radius 1 is 0.414 bits per heavy atom. The average molecular weight is 1230 g/mol. The fraction of sp³-hybridized carbons (Fsp3) is 0.756. The molecular weight excluding hydrogens is 1090 g/mol. The number of amides is 1. The summed E-state index contributed by atoms with van der Waals surface area (Å²) in [5.74, 6) is -0.208. The summed E-state index contributed by atoms with van der Waals surface area (Å²) in [6.45, 7) is 4.54. The van der Waals surface area contributed by atoms with Crippen molar-refractivity contribution in [3.63, 3.8) is 0 Å². The number of nitrogens with zero attached hydrogens (tertiary/aromatic N) is 1. The average Bonchev–Trinajstić information content (AvgIpc) is 3.71. The summed E-state index contributed by atoms with van der Waals surface area (Å²) >= 11 is 0. The van der Waals surface area contributed by atoms with E-state index >= 15 is 0 Å². The van der Waals surface area contributed by atoms with Gasteiger partial charge in [-0.25, -0.2) is 0 Å².